The Morgan fingerprint density at radius 2 is 2.08 bits per heavy atom. The Morgan fingerprint density at radius 3 is 2.54 bits per heavy atom. The van der Waals surface area contributed by atoms with E-state index in [4.69, 9.17) is 11.6 Å². The minimum absolute atomic E-state index is 0.284. The van der Waals surface area contributed by atoms with E-state index in [1.807, 2.05) is 0 Å². The largest absolute Gasteiger partial charge is 0.298 e. The third-order valence-electron chi connectivity index (χ3n) is 2.89. The maximum absolute atomic E-state index is 10.7. The first-order valence-electron chi connectivity index (χ1n) is 4.78. The van der Waals surface area contributed by atoms with Gasteiger partial charge in [-0.2, -0.15) is 0 Å². The molecule has 1 atom stereocenters. The van der Waals surface area contributed by atoms with Crippen molar-refractivity contribution in [1.29, 1.82) is 0 Å². The molecule has 0 aromatic carbocycles. The van der Waals surface area contributed by atoms with Gasteiger partial charge in [-0.1, -0.05) is 32.4 Å². The molecule has 0 aliphatic heterocycles. The zero-order valence-electron chi connectivity index (χ0n) is 8.56. The molecule has 13 heavy (non-hydrogen) atoms. The number of carbonyl (C=O) groups excluding carboxylic acids is 1. The van der Waals surface area contributed by atoms with Gasteiger partial charge in [-0.25, -0.2) is 0 Å². The minimum atomic E-state index is 0.284. The molecule has 0 unspecified atom stereocenters. The SMILES string of the molecule is CC(C)(C)[C@H]1CCC(Cl)=C(C=O)C1. The highest BCUT2D eigenvalue weighted by atomic mass is 35.5. The summed E-state index contributed by atoms with van der Waals surface area (Å²) in [7, 11) is 0. The lowest BCUT2D eigenvalue weighted by Crippen LogP contribution is -2.24. The lowest BCUT2D eigenvalue weighted by molar-refractivity contribution is -0.105. The summed E-state index contributed by atoms with van der Waals surface area (Å²) in [4.78, 5) is 10.7. The van der Waals surface area contributed by atoms with Crippen LogP contribution < -0.4 is 0 Å². The Morgan fingerprint density at radius 1 is 1.46 bits per heavy atom. The van der Waals surface area contributed by atoms with Gasteiger partial charge in [-0.3, -0.25) is 4.79 Å². The van der Waals surface area contributed by atoms with Crippen LogP contribution in [0.3, 0.4) is 0 Å². The number of halogens is 1. The van der Waals surface area contributed by atoms with Gasteiger partial charge >= 0.3 is 0 Å². The molecule has 1 nitrogen and oxygen atoms in total. The number of hydrogen-bond donors (Lipinski definition) is 0. The molecule has 0 saturated carbocycles. The maximum Gasteiger partial charge on any atom is 0.147 e. The summed E-state index contributed by atoms with van der Waals surface area (Å²) in [5.74, 6) is 0.593. The highest BCUT2D eigenvalue weighted by Gasteiger charge is 2.29. The van der Waals surface area contributed by atoms with Crippen LogP contribution in [0, 0.1) is 11.3 Å². The third kappa shape index (κ3) is 2.57. The molecular formula is C11H17ClO. The van der Waals surface area contributed by atoms with Gasteiger partial charge in [0.1, 0.15) is 6.29 Å². The topological polar surface area (TPSA) is 17.1 Å². The van der Waals surface area contributed by atoms with Crippen molar-refractivity contribution in [2.24, 2.45) is 11.3 Å². The summed E-state index contributed by atoms with van der Waals surface area (Å²) in [5, 5.41) is 0.774. The Labute approximate surface area is 85.2 Å². The Kier molecular flexibility index (Phi) is 3.18. The summed E-state index contributed by atoms with van der Waals surface area (Å²) >= 11 is 5.95. The molecule has 0 N–H and O–H groups in total. The zero-order valence-corrected chi connectivity index (χ0v) is 9.32. The van der Waals surface area contributed by atoms with Gasteiger partial charge < -0.3 is 0 Å². The number of allylic oxidation sites excluding steroid dienone is 2. The van der Waals surface area contributed by atoms with Crippen LogP contribution in [-0.4, -0.2) is 6.29 Å². The van der Waals surface area contributed by atoms with Gasteiger partial charge in [0.15, 0.2) is 0 Å². The Bertz CT molecular complexity index is 235. The van der Waals surface area contributed by atoms with Gasteiger partial charge in [-0.05, 0) is 30.6 Å². The fourth-order valence-corrected chi connectivity index (χ4v) is 2.02. The quantitative estimate of drug-likeness (QED) is 0.592. The molecule has 0 heterocycles. The highest BCUT2D eigenvalue weighted by Crippen LogP contribution is 2.40. The van der Waals surface area contributed by atoms with E-state index >= 15 is 0 Å². The fourth-order valence-electron chi connectivity index (χ4n) is 1.79. The predicted molar refractivity (Wildman–Crippen MR) is 55.7 cm³/mol. The van der Waals surface area contributed by atoms with Gasteiger partial charge in [0.25, 0.3) is 0 Å². The molecule has 0 radical (unpaired) electrons. The molecule has 0 saturated heterocycles. The summed E-state index contributed by atoms with van der Waals surface area (Å²) in [5.41, 5.74) is 1.10. The van der Waals surface area contributed by atoms with E-state index in [2.05, 4.69) is 20.8 Å². The van der Waals surface area contributed by atoms with Gasteiger partial charge in [0, 0.05) is 10.6 Å². The van der Waals surface area contributed by atoms with Crippen molar-refractivity contribution in [3.05, 3.63) is 10.6 Å². The van der Waals surface area contributed by atoms with E-state index in [9.17, 15) is 4.79 Å². The van der Waals surface area contributed by atoms with Gasteiger partial charge in [0.05, 0.1) is 0 Å². The molecule has 0 fully saturated rings. The lowest BCUT2D eigenvalue weighted by Gasteiger charge is -2.33. The zero-order chi connectivity index (χ0) is 10.1. The van der Waals surface area contributed by atoms with E-state index in [-0.39, 0.29) is 5.41 Å². The van der Waals surface area contributed by atoms with Crippen molar-refractivity contribution < 1.29 is 4.79 Å². The molecular weight excluding hydrogens is 184 g/mol. The molecule has 1 rings (SSSR count). The van der Waals surface area contributed by atoms with E-state index in [1.165, 1.54) is 0 Å². The standard InChI is InChI=1S/C11H17ClO/c1-11(2,3)9-4-5-10(12)8(6-9)7-13/h7,9H,4-6H2,1-3H3/t9-/m0/s1. The maximum atomic E-state index is 10.7. The summed E-state index contributed by atoms with van der Waals surface area (Å²) < 4.78 is 0. The molecule has 2 heteroatoms. The van der Waals surface area contributed by atoms with Gasteiger partial charge in [0.2, 0.25) is 0 Å². The monoisotopic (exact) mass is 200 g/mol. The number of hydrogen-bond acceptors (Lipinski definition) is 1. The van der Waals surface area contributed by atoms with Crippen LogP contribution in [0.1, 0.15) is 40.0 Å². The highest BCUT2D eigenvalue weighted by molar-refractivity contribution is 6.31. The van der Waals surface area contributed by atoms with Crippen LogP contribution >= 0.6 is 11.6 Å². The van der Waals surface area contributed by atoms with Crippen LogP contribution in [0.2, 0.25) is 0 Å². The predicted octanol–water partition coefficient (Wildman–Crippen LogP) is 3.52. The Hall–Kier alpha value is -0.300. The average molecular weight is 201 g/mol. The van der Waals surface area contributed by atoms with Crippen molar-refractivity contribution in [3.63, 3.8) is 0 Å². The molecule has 0 amide bonds. The number of carbonyl (C=O) groups is 1. The van der Waals surface area contributed by atoms with Crippen LogP contribution in [0.25, 0.3) is 0 Å². The number of rotatable bonds is 1. The van der Waals surface area contributed by atoms with E-state index in [1.54, 1.807) is 0 Å². The smallest absolute Gasteiger partial charge is 0.147 e. The fraction of sp³-hybridized carbons (Fsp3) is 0.727. The number of aldehydes is 1. The average Bonchev–Trinajstić information content (AvgIpc) is 2.03. The van der Waals surface area contributed by atoms with Crippen molar-refractivity contribution >= 4 is 17.9 Å². The molecule has 0 aromatic heterocycles. The second-order valence-corrected chi connectivity index (χ2v) is 5.31. The van der Waals surface area contributed by atoms with E-state index < -0.39 is 0 Å². The third-order valence-corrected chi connectivity index (χ3v) is 3.33. The van der Waals surface area contributed by atoms with E-state index in [0.29, 0.717) is 5.92 Å². The second kappa shape index (κ2) is 3.83. The van der Waals surface area contributed by atoms with Crippen molar-refractivity contribution in [2.75, 3.05) is 0 Å². The Balaban J connectivity index is 2.76. The minimum Gasteiger partial charge on any atom is -0.298 e. The van der Waals surface area contributed by atoms with Gasteiger partial charge in [-0.15, -0.1) is 0 Å². The van der Waals surface area contributed by atoms with Crippen molar-refractivity contribution in [3.8, 4) is 0 Å². The second-order valence-electron chi connectivity index (χ2n) is 4.85. The molecule has 0 spiro atoms. The summed E-state index contributed by atoms with van der Waals surface area (Å²) in [6.45, 7) is 6.66. The molecule has 1 aliphatic carbocycles. The van der Waals surface area contributed by atoms with Crippen LogP contribution in [0.15, 0.2) is 10.6 Å². The van der Waals surface area contributed by atoms with E-state index in [0.717, 1.165) is 36.2 Å². The summed E-state index contributed by atoms with van der Waals surface area (Å²) in [6.07, 6.45) is 3.75. The lowest BCUT2D eigenvalue weighted by atomic mass is 9.72. The van der Waals surface area contributed by atoms with Crippen molar-refractivity contribution in [2.45, 2.75) is 40.0 Å². The molecule has 0 aromatic rings. The normalized spacial score (nSPS) is 24.8. The van der Waals surface area contributed by atoms with Crippen LogP contribution in [0.5, 0.6) is 0 Å². The summed E-state index contributed by atoms with van der Waals surface area (Å²) in [6, 6.07) is 0. The molecule has 1 aliphatic rings. The van der Waals surface area contributed by atoms with Crippen molar-refractivity contribution in [1.82, 2.24) is 0 Å². The molecule has 74 valence electrons. The van der Waals surface area contributed by atoms with Crippen LogP contribution in [0.4, 0.5) is 0 Å². The van der Waals surface area contributed by atoms with Crippen LogP contribution in [-0.2, 0) is 4.79 Å². The molecule has 0 bridgehead atoms. The first kappa shape index (κ1) is 10.8. The first-order valence-corrected chi connectivity index (χ1v) is 5.15. The first-order chi connectivity index (χ1) is 5.95.